The first-order chi connectivity index (χ1) is 12.7. The third-order valence-corrected chi connectivity index (χ3v) is 6.16. The molecule has 0 unspecified atom stereocenters. The molecule has 1 heterocycles. The summed E-state index contributed by atoms with van der Waals surface area (Å²) < 4.78 is 1.24. The van der Waals surface area contributed by atoms with E-state index in [2.05, 4.69) is 60.0 Å². The normalized spacial score (nSPS) is 15.1. The number of thiocarbonyl (C=S) groups is 1. The van der Waals surface area contributed by atoms with Crippen LogP contribution in [0.4, 0.5) is 5.69 Å². The van der Waals surface area contributed by atoms with E-state index in [1.165, 1.54) is 42.4 Å². The quantitative estimate of drug-likeness (QED) is 0.555. The maximum Gasteiger partial charge on any atom is 0.170 e. The third kappa shape index (κ3) is 4.05. The molecule has 5 heteroatoms. The molecule has 1 aromatic heterocycles. The van der Waals surface area contributed by atoms with E-state index in [4.69, 9.17) is 17.2 Å². The molecular weight excluding hydrogens is 358 g/mol. The zero-order valence-electron chi connectivity index (χ0n) is 14.9. The van der Waals surface area contributed by atoms with Gasteiger partial charge in [-0.15, -0.1) is 11.3 Å². The number of thiazole rings is 1. The second-order valence-electron chi connectivity index (χ2n) is 7.00. The first-order valence-electron chi connectivity index (χ1n) is 9.22. The predicted octanol–water partition coefficient (Wildman–Crippen LogP) is 5.89. The van der Waals surface area contributed by atoms with Crippen molar-refractivity contribution in [1.29, 1.82) is 0 Å². The van der Waals surface area contributed by atoms with Crippen LogP contribution in [0.3, 0.4) is 0 Å². The summed E-state index contributed by atoms with van der Waals surface area (Å²) in [5.74, 6) is 0. The van der Waals surface area contributed by atoms with Gasteiger partial charge in [0.2, 0.25) is 0 Å². The second-order valence-corrected chi connectivity index (χ2v) is 8.44. The molecule has 0 radical (unpaired) electrons. The first-order valence-corrected chi connectivity index (χ1v) is 10.4. The van der Waals surface area contributed by atoms with Crippen molar-refractivity contribution in [3.63, 3.8) is 0 Å². The van der Waals surface area contributed by atoms with Crippen LogP contribution in [0.25, 0.3) is 20.8 Å². The van der Waals surface area contributed by atoms with Gasteiger partial charge in [0.15, 0.2) is 5.11 Å². The van der Waals surface area contributed by atoms with E-state index < -0.39 is 0 Å². The molecule has 26 heavy (non-hydrogen) atoms. The van der Waals surface area contributed by atoms with Gasteiger partial charge in [-0.2, -0.15) is 0 Å². The van der Waals surface area contributed by atoms with Gasteiger partial charge in [0.1, 0.15) is 5.01 Å². The minimum atomic E-state index is 0.522. The van der Waals surface area contributed by atoms with Gasteiger partial charge in [-0.05, 0) is 73.9 Å². The topological polar surface area (TPSA) is 37.0 Å². The summed E-state index contributed by atoms with van der Waals surface area (Å²) >= 11 is 7.20. The Morgan fingerprint density at radius 2 is 1.85 bits per heavy atom. The largest absolute Gasteiger partial charge is 0.360 e. The van der Waals surface area contributed by atoms with E-state index in [9.17, 15) is 0 Å². The Balaban J connectivity index is 1.43. The molecule has 0 amide bonds. The lowest BCUT2D eigenvalue weighted by atomic mass is 9.96. The van der Waals surface area contributed by atoms with Crippen LogP contribution in [0.15, 0.2) is 42.5 Å². The van der Waals surface area contributed by atoms with Crippen molar-refractivity contribution in [2.45, 2.75) is 45.1 Å². The maximum absolute atomic E-state index is 5.47. The van der Waals surface area contributed by atoms with Crippen LogP contribution < -0.4 is 10.6 Å². The number of nitrogens with zero attached hydrogens (tertiary/aromatic N) is 1. The minimum Gasteiger partial charge on any atom is -0.360 e. The highest BCUT2D eigenvalue weighted by molar-refractivity contribution is 7.80. The van der Waals surface area contributed by atoms with Gasteiger partial charge in [0.25, 0.3) is 0 Å². The molecule has 0 saturated heterocycles. The summed E-state index contributed by atoms with van der Waals surface area (Å²) in [5.41, 5.74) is 4.49. The van der Waals surface area contributed by atoms with Crippen molar-refractivity contribution in [2.24, 2.45) is 0 Å². The Morgan fingerprint density at radius 3 is 2.62 bits per heavy atom. The summed E-state index contributed by atoms with van der Waals surface area (Å²) in [6.07, 6.45) is 6.40. The van der Waals surface area contributed by atoms with E-state index in [1.54, 1.807) is 11.3 Å². The molecule has 4 rings (SSSR count). The Bertz CT molecular complexity index is 909. The molecule has 3 aromatic rings. The summed E-state index contributed by atoms with van der Waals surface area (Å²) in [7, 11) is 0. The van der Waals surface area contributed by atoms with E-state index >= 15 is 0 Å². The van der Waals surface area contributed by atoms with Gasteiger partial charge in [0.05, 0.1) is 10.2 Å². The molecule has 1 aliphatic carbocycles. The fourth-order valence-electron chi connectivity index (χ4n) is 3.45. The van der Waals surface area contributed by atoms with Crippen LogP contribution in [0.2, 0.25) is 0 Å². The van der Waals surface area contributed by atoms with Gasteiger partial charge < -0.3 is 10.6 Å². The van der Waals surface area contributed by atoms with E-state index in [0.29, 0.717) is 6.04 Å². The zero-order valence-corrected chi connectivity index (χ0v) is 16.6. The molecule has 0 atom stereocenters. The van der Waals surface area contributed by atoms with Crippen LogP contribution in [0.5, 0.6) is 0 Å². The zero-order chi connectivity index (χ0) is 17.9. The Hall–Kier alpha value is -1.98. The molecule has 134 valence electrons. The van der Waals surface area contributed by atoms with Crippen molar-refractivity contribution < 1.29 is 0 Å². The number of rotatable bonds is 3. The highest BCUT2D eigenvalue weighted by Crippen LogP contribution is 2.31. The Labute approximate surface area is 163 Å². The molecule has 3 nitrogen and oxygen atoms in total. The van der Waals surface area contributed by atoms with Gasteiger partial charge in [0, 0.05) is 17.3 Å². The number of aromatic nitrogens is 1. The van der Waals surface area contributed by atoms with Crippen molar-refractivity contribution >= 4 is 44.6 Å². The average Bonchev–Trinajstić information content (AvgIpc) is 3.06. The Morgan fingerprint density at radius 1 is 1.08 bits per heavy atom. The number of fused-ring (bicyclic) bond motifs is 1. The molecule has 0 bridgehead atoms. The Kier molecular flexibility index (Phi) is 5.18. The number of benzene rings is 2. The SMILES string of the molecule is Cc1ccc2nc(-c3ccc(NC(=S)NC4CCCCC4)cc3)sc2c1. The summed E-state index contributed by atoms with van der Waals surface area (Å²) in [4.78, 5) is 4.75. The number of hydrogen-bond acceptors (Lipinski definition) is 3. The van der Waals surface area contributed by atoms with Crippen molar-refractivity contribution in [3.8, 4) is 10.6 Å². The monoisotopic (exact) mass is 381 g/mol. The minimum absolute atomic E-state index is 0.522. The molecule has 2 N–H and O–H groups in total. The van der Waals surface area contributed by atoms with E-state index in [-0.39, 0.29) is 0 Å². The molecular formula is C21H23N3S2. The number of aryl methyl sites for hydroxylation is 1. The summed E-state index contributed by atoms with van der Waals surface area (Å²) in [6.45, 7) is 2.11. The van der Waals surface area contributed by atoms with Gasteiger partial charge in [-0.3, -0.25) is 0 Å². The van der Waals surface area contributed by atoms with Crippen molar-refractivity contribution in [1.82, 2.24) is 10.3 Å². The van der Waals surface area contributed by atoms with Crippen LogP contribution in [0.1, 0.15) is 37.7 Å². The molecule has 1 saturated carbocycles. The number of nitrogens with one attached hydrogen (secondary N) is 2. The highest BCUT2D eigenvalue weighted by Gasteiger charge is 2.14. The van der Waals surface area contributed by atoms with Crippen LogP contribution in [0, 0.1) is 6.92 Å². The summed E-state index contributed by atoms with van der Waals surface area (Å²) in [5, 5.41) is 8.53. The fourth-order valence-corrected chi connectivity index (χ4v) is 4.80. The van der Waals surface area contributed by atoms with Gasteiger partial charge in [-0.1, -0.05) is 25.3 Å². The van der Waals surface area contributed by atoms with Crippen LogP contribution in [-0.2, 0) is 0 Å². The smallest absolute Gasteiger partial charge is 0.170 e. The lowest BCUT2D eigenvalue weighted by molar-refractivity contribution is 0.415. The molecule has 1 aliphatic rings. The number of hydrogen-bond donors (Lipinski definition) is 2. The van der Waals surface area contributed by atoms with Crippen molar-refractivity contribution in [2.75, 3.05) is 5.32 Å². The standard InChI is InChI=1S/C21H23N3S2/c1-14-7-12-18-19(13-14)26-20(24-18)15-8-10-17(11-9-15)23-21(25)22-16-5-3-2-4-6-16/h7-13,16H,2-6H2,1H3,(H2,22,23,25). The van der Waals surface area contributed by atoms with Crippen molar-refractivity contribution in [3.05, 3.63) is 48.0 Å². The molecule has 2 aromatic carbocycles. The molecule has 0 spiro atoms. The van der Waals surface area contributed by atoms with E-state index in [0.717, 1.165) is 26.9 Å². The van der Waals surface area contributed by atoms with Crippen LogP contribution in [-0.4, -0.2) is 16.1 Å². The number of anilines is 1. The second kappa shape index (κ2) is 7.72. The van der Waals surface area contributed by atoms with Crippen LogP contribution >= 0.6 is 23.6 Å². The van der Waals surface area contributed by atoms with Gasteiger partial charge >= 0.3 is 0 Å². The summed E-state index contributed by atoms with van der Waals surface area (Å²) in [6, 6.07) is 15.3. The highest BCUT2D eigenvalue weighted by atomic mass is 32.1. The van der Waals surface area contributed by atoms with E-state index in [1.807, 2.05) is 0 Å². The lowest BCUT2D eigenvalue weighted by Gasteiger charge is -2.24. The van der Waals surface area contributed by atoms with Gasteiger partial charge in [-0.25, -0.2) is 4.98 Å². The molecule has 0 aliphatic heterocycles. The fraction of sp³-hybridized carbons (Fsp3) is 0.333. The first kappa shape index (κ1) is 17.4. The third-order valence-electron chi connectivity index (χ3n) is 4.87. The predicted molar refractivity (Wildman–Crippen MR) is 116 cm³/mol. The molecule has 1 fully saturated rings. The maximum atomic E-state index is 5.47. The lowest BCUT2D eigenvalue weighted by Crippen LogP contribution is -2.38. The average molecular weight is 382 g/mol.